The molecular formula is C14H24N2O3. The molecule has 0 aromatic carbocycles. The summed E-state index contributed by atoms with van der Waals surface area (Å²) in [6, 6.07) is 0. The van der Waals surface area contributed by atoms with Gasteiger partial charge in [0.15, 0.2) is 0 Å². The van der Waals surface area contributed by atoms with E-state index in [1.54, 1.807) is 6.92 Å². The Morgan fingerprint density at radius 1 is 1.05 bits per heavy atom. The van der Waals surface area contributed by atoms with E-state index in [1.807, 2.05) is 9.80 Å². The van der Waals surface area contributed by atoms with Gasteiger partial charge < -0.3 is 10.0 Å². The lowest BCUT2D eigenvalue weighted by Gasteiger charge is -2.42. The minimum Gasteiger partial charge on any atom is -0.480 e. The van der Waals surface area contributed by atoms with Crippen LogP contribution in [0.1, 0.15) is 45.4 Å². The van der Waals surface area contributed by atoms with Gasteiger partial charge in [0.1, 0.15) is 5.54 Å². The summed E-state index contributed by atoms with van der Waals surface area (Å²) in [5.41, 5.74) is -0.871. The van der Waals surface area contributed by atoms with Crippen molar-refractivity contribution in [2.45, 2.75) is 51.0 Å². The molecule has 2 rings (SSSR count). The van der Waals surface area contributed by atoms with Gasteiger partial charge in [-0.2, -0.15) is 0 Å². The normalized spacial score (nSPS) is 29.2. The molecule has 1 atom stereocenters. The van der Waals surface area contributed by atoms with Crippen molar-refractivity contribution in [1.82, 2.24) is 9.80 Å². The maximum atomic E-state index is 12.3. The topological polar surface area (TPSA) is 60.9 Å². The third-order valence-electron chi connectivity index (χ3n) is 4.54. The Hall–Kier alpha value is -1.10. The fraction of sp³-hybridized carbons (Fsp3) is 0.857. The van der Waals surface area contributed by atoms with E-state index in [-0.39, 0.29) is 12.5 Å². The molecule has 1 N–H and O–H groups in total. The van der Waals surface area contributed by atoms with Crippen molar-refractivity contribution in [3.63, 3.8) is 0 Å². The zero-order valence-electron chi connectivity index (χ0n) is 11.7. The van der Waals surface area contributed by atoms with Gasteiger partial charge in [-0.25, -0.2) is 0 Å². The van der Waals surface area contributed by atoms with Crippen LogP contribution in [0.2, 0.25) is 0 Å². The molecule has 19 heavy (non-hydrogen) atoms. The minimum atomic E-state index is -0.871. The number of carboxylic acid groups (broad SMARTS) is 1. The smallest absolute Gasteiger partial charge is 0.323 e. The van der Waals surface area contributed by atoms with Crippen LogP contribution >= 0.6 is 0 Å². The first-order valence-corrected chi connectivity index (χ1v) is 7.30. The summed E-state index contributed by atoms with van der Waals surface area (Å²) in [6.07, 6.45) is 5.88. The highest BCUT2D eigenvalue weighted by molar-refractivity contribution is 5.82. The molecule has 2 fully saturated rings. The number of amides is 1. The number of carboxylic acids is 1. The first kappa shape index (κ1) is 14.3. The van der Waals surface area contributed by atoms with Crippen LogP contribution in [0.25, 0.3) is 0 Å². The average molecular weight is 268 g/mol. The van der Waals surface area contributed by atoms with Crippen molar-refractivity contribution < 1.29 is 14.7 Å². The van der Waals surface area contributed by atoms with Crippen molar-refractivity contribution >= 4 is 11.9 Å². The predicted octanol–water partition coefficient (Wildman–Crippen LogP) is 1.33. The maximum Gasteiger partial charge on any atom is 0.323 e. The van der Waals surface area contributed by atoms with Crippen LogP contribution in [0.5, 0.6) is 0 Å². The summed E-state index contributed by atoms with van der Waals surface area (Å²) >= 11 is 0. The van der Waals surface area contributed by atoms with Crippen molar-refractivity contribution in [2.75, 3.05) is 26.2 Å². The van der Waals surface area contributed by atoms with Gasteiger partial charge in [-0.15, -0.1) is 0 Å². The quantitative estimate of drug-likeness (QED) is 0.839. The summed E-state index contributed by atoms with van der Waals surface area (Å²) in [5.74, 6) is -0.715. The second-order valence-corrected chi connectivity index (χ2v) is 5.90. The molecule has 0 saturated carbocycles. The molecule has 0 bridgehead atoms. The predicted molar refractivity (Wildman–Crippen MR) is 71.9 cm³/mol. The fourth-order valence-corrected chi connectivity index (χ4v) is 3.08. The summed E-state index contributed by atoms with van der Waals surface area (Å²) < 4.78 is 0. The summed E-state index contributed by atoms with van der Waals surface area (Å²) in [6.45, 7) is 4.37. The van der Waals surface area contributed by atoms with Gasteiger partial charge in [0, 0.05) is 13.1 Å². The molecular weight excluding hydrogens is 244 g/mol. The van der Waals surface area contributed by atoms with Crippen LogP contribution in [0.15, 0.2) is 0 Å². The highest BCUT2D eigenvalue weighted by Gasteiger charge is 2.42. The molecule has 5 heteroatoms. The Balaban J connectivity index is 1.99. The van der Waals surface area contributed by atoms with Gasteiger partial charge >= 0.3 is 5.97 Å². The number of aliphatic carboxylic acids is 1. The second kappa shape index (κ2) is 5.90. The SMILES string of the molecule is CC1(C(=O)O)CCCCN1CC(=O)N1CCCCC1. The number of nitrogens with zero attached hydrogens (tertiary/aromatic N) is 2. The highest BCUT2D eigenvalue weighted by Crippen LogP contribution is 2.28. The molecule has 2 aliphatic heterocycles. The standard InChI is InChI=1S/C14H24N2O3/c1-14(13(18)19)7-3-6-10-16(14)11-12(17)15-8-4-2-5-9-15/h2-11H2,1H3,(H,18,19). The van der Waals surface area contributed by atoms with Crippen molar-refractivity contribution in [3.05, 3.63) is 0 Å². The van der Waals surface area contributed by atoms with E-state index in [4.69, 9.17) is 0 Å². The van der Waals surface area contributed by atoms with Gasteiger partial charge in [-0.1, -0.05) is 0 Å². The summed E-state index contributed by atoms with van der Waals surface area (Å²) in [5, 5.41) is 9.42. The molecule has 0 aromatic rings. The molecule has 2 heterocycles. The first-order valence-electron chi connectivity index (χ1n) is 7.30. The molecule has 0 spiro atoms. The van der Waals surface area contributed by atoms with E-state index >= 15 is 0 Å². The van der Waals surface area contributed by atoms with E-state index in [1.165, 1.54) is 6.42 Å². The number of rotatable bonds is 3. The van der Waals surface area contributed by atoms with Crippen molar-refractivity contribution in [2.24, 2.45) is 0 Å². The lowest BCUT2D eigenvalue weighted by Crippen LogP contribution is -2.58. The van der Waals surface area contributed by atoms with E-state index in [0.717, 1.165) is 38.8 Å². The number of hydrogen-bond acceptors (Lipinski definition) is 3. The molecule has 0 aliphatic carbocycles. The molecule has 2 aliphatic rings. The lowest BCUT2D eigenvalue weighted by atomic mass is 9.88. The largest absolute Gasteiger partial charge is 0.480 e. The van der Waals surface area contributed by atoms with Gasteiger partial charge in [0.25, 0.3) is 0 Å². The average Bonchev–Trinajstić information content (AvgIpc) is 2.42. The van der Waals surface area contributed by atoms with Gasteiger partial charge in [0.2, 0.25) is 5.91 Å². The highest BCUT2D eigenvalue weighted by atomic mass is 16.4. The van der Waals surface area contributed by atoms with Crippen LogP contribution in [0, 0.1) is 0 Å². The third-order valence-corrected chi connectivity index (χ3v) is 4.54. The number of likely N-dealkylation sites (tertiary alicyclic amines) is 2. The number of piperidine rings is 2. The molecule has 0 radical (unpaired) electrons. The Bertz CT molecular complexity index is 353. The van der Waals surface area contributed by atoms with Crippen LogP contribution in [-0.4, -0.2) is 58.5 Å². The fourth-order valence-electron chi connectivity index (χ4n) is 3.08. The maximum absolute atomic E-state index is 12.3. The Labute approximate surface area is 114 Å². The van der Waals surface area contributed by atoms with Crippen LogP contribution in [0.3, 0.4) is 0 Å². The molecule has 0 aromatic heterocycles. The Kier molecular flexibility index (Phi) is 4.45. The summed E-state index contributed by atoms with van der Waals surface area (Å²) in [7, 11) is 0. The van der Waals surface area contributed by atoms with Crippen LogP contribution in [0.4, 0.5) is 0 Å². The van der Waals surface area contributed by atoms with Crippen molar-refractivity contribution in [1.29, 1.82) is 0 Å². The van der Waals surface area contributed by atoms with Gasteiger partial charge in [-0.3, -0.25) is 14.5 Å². The molecule has 1 amide bonds. The summed E-state index contributed by atoms with van der Waals surface area (Å²) in [4.78, 5) is 27.5. The van der Waals surface area contributed by atoms with E-state index in [0.29, 0.717) is 13.0 Å². The van der Waals surface area contributed by atoms with Crippen LogP contribution in [-0.2, 0) is 9.59 Å². The Morgan fingerprint density at radius 2 is 1.68 bits per heavy atom. The molecule has 1 unspecified atom stereocenters. The van der Waals surface area contributed by atoms with Crippen LogP contribution < -0.4 is 0 Å². The zero-order chi connectivity index (χ0) is 13.9. The third kappa shape index (κ3) is 3.08. The second-order valence-electron chi connectivity index (χ2n) is 5.90. The number of carbonyl (C=O) groups is 2. The van der Waals surface area contributed by atoms with E-state index in [2.05, 4.69) is 0 Å². The molecule has 5 nitrogen and oxygen atoms in total. The molecule has 108 valence electrons. The number of carbonyl (C=O) groups excluding carboxylic acids is 1. The van der Waals surface area contributed by atoms with Gasteiger partial charge in [0.05, 0.1) is 6.54 Å². The zero-order valence-corrected chi connectivity index (χ0v) is 11.7. The number of hydrogen-bond donors (Lipinski definition) is 1. The van der Waals surface area contributed by atoms with Gasteiger partial charge in [-0.05, 0) is 52.0 Å². The molecule has 2 saturated heterocycles. The minimum absolute atomic E-state index is 0.0917. The van der Waals surface area contributed by atoms with Crippen molar-refractivity contribution in [3.8, 4) is 0 Å². The van der Waals surface area contributed by atoms with E-state index < -0.39 is 11.5 Å². The van der Waals surface area contributed by atoms with E-state index in [9.17, 15) is 14.7 Å². The first-order chi connectivity index (χ1) is 9.04. The Morgan fingerprint density at radius 3 is 2.32 bits per heavy atom. The monoisotopic (exact) mass is 268 g/mol. The lowest BCUT2D eigenvalue weighted by molar-refractivity contribution is -0.154.